The number of nitrogens with one attached hydrogen (secondary N) is 1. The fourth-order valence-corrected chi connectivity index (χ4v) is 6.18. The number of carbonyl (C=O) groups is 2. The number of nitrogens with zero attached hydrogens (tertiary/aromatic N) is 6. The lowest BCUT2D eigenvalue weighted by atomic mass is 10.00. The van der Waals surface area contributed by atoms with Crippen molar-refractivity contribution in [3.05, 3.63) is 54.2 Å². The maximum Gasteiger partial charge on any atom is 0.410 e. The number of ether oxygens (including phenoxy) is 1. The molecule has 2 N–H and O–H groups in total. The van der Waals surface area contributed by atoms with Crippen LogP contribution in [-0.2, 0) is 9.53 Å². The normalized spacial score (nSPS) is 19.6. The number of amides is 2. The summed E-state index contributed by atoms with van der Waals surface area (Å²) in [5, 5.41) is 14.4. The van der Waals surface area contributed by atoms with E-state index in [0.717, 1.165) is 65.7 Å². The zero-order chi connectivity index (χ0) is 31.9. The molecule has 2 aliphatic rings. The highest BCUT2D eigenvalue weighted by Gasteiger charge is 2.44. The van der Waals surface area contributed by atoms with Gasteiger partial charge in [0.05, 0.1) is 17.3 Å². The van der Waals surface area contributed by atoms with Gasteiger partial charge in [0.15, 0.2) is 0 Å². The van der Waals surface area contributed by atoms with Gasteiger partial charge in [-0.15, -0.1) is 0 Å². The van der Waals surface area contributed by atoms with Crippen LogP contribution < -0.4 is 5.32 Å². The largest absolute Gasteiger partial charge is 0.444 e. The summed E-state index contributed by atoms with van der Waals surface area (Å²) in [7, 11) is 0. The molecule has 0 radical (unpaired) electrons. The van der Waals surface area contributed by atoms with Crippen molar-refractivity contribution in [3.63, 3.8) is 0 Å². The maximum absolute atomic E-state index is 13.2. The first-order valence-corrected chi connectivity index (χ1v) is 15.9. The van der Waals surface area contributed by atoms with Crippen LogP contribution >= 0.6 is 0 Å². The molecule has 2 amide bonds. The molecule has 1 saturated carbocycles. The quantitative estimate of drug-likeness (QED) is 0.277. The second kappa shape index (κ2) is 12.4. The molecule has 3 unspecified atom stereocenters. The number of aromatic nitrogens is 4. The molecule has 0 bridgehead atoms. The second-order valence-electron chi connectivity index (χ2n) is 13.4. The number of imidazole rings is 1. The third-order valence-corrected chi connectivity index (χ3v) is 8.71. The number of aliphatic hydroxyl groups excluding tert-OH is 1. The number of pyridine rings is 3. The van der Waals surface area contributed by atoms with Gasteiger partial charge < -0.3 is 20.1 Å². The number of hydrogen-bond acceptors (Lipinski definition) is 8. The van der Waals surface area contributed by atoms with Crippen molar-refractivity contribution in [1.82, 2.24) is 29.2 Å². The number of aryl methyl sites for hydroxylation is 1. The van der Waals surface area contributed by atoms with E-state index in [-0.39, 0.29) is 17.9 Å². The van der Waals surface area contributed by atoms with Crippen LogP contribution in [0.4, 0.5) is 10.6 Å². The minimum Gasteiger partial charge on any atom is -0.444 e. The highest BCUT2D eigenvalue weighted by molar-refractivity contribution is 5.97. The number of rotatable bonds is 8. The number of carbonyl (C=O) groups excluding carboxylic acids is 2. The van der Waals surface area contributed by atoms with Crippen molar-refractivity contribution in [2.45, 2.75) is 65.6 Å². The minimum atomic E-state index is -0.573. The summed E-state index contributed by atoms with van der Waals surface area (Å²) in [4.78, 5) is 43.4. The summed E-state index contributed by atoms with van der Waals surface area (Å²) in [5.74, 6) is 0.757. The van der Waals surface area contributed by atoms with Gasteiger partial charge in [-0.2, -0.15) is 0 Å². The number of anilines is 1. The van der Waals surface area contributed by atoms with Crippen LogP contribution in [0.2, 0.25) is 0 Å². The molecule has 0 aromatic carbocycles. The summed E-state index contributed by atoms with van der Waals surface area (Å²) in [6.07, 6.45) is 8.85. The first-order valence-electron chi connectivity index (χ1n) is 15.9. The molecule has 11 heteroatoms. The SMILES string of the molecule is CCCC(O)c1cc(C)c(-c2cc3cnc(NC(=O)C4CC4CN4CCN(C(=O)OC(C)(C)C)CC4)cc3n3ccnc23)cn1. The Morgan fingerprint density at radius 1 is 1.07 bits per heavy atom. The monoisotopic (exact) mass is 613 g/mol. The molecule has 0 spiro atoms. The van der Waals surface area contributed by atoms with E-state index in [1.807, 2.05) is 63.5 Å². The molecule has 11 nitrogen and oxygen atoms in total. The van der Waals surface area contributed by atoms with E-state index in [1.165, 1.54) is 0 Å². The Morgan fingerprint density at radius 3 is 2.56 bits per heavy atom. The van der Waals surface area contributed by atoms with Gasteiger partial charge >= 0.3 is 6.09 Å². The van der Waals surface area contributed by atoms with Crippen LogP contribution in [0.15, 0.2) is 43.0 Å². The molecular weight excluding hydrogens is 570 g/mol. The van der Waals surface area contributed by atoms with Crippen molar-refractivity contribution in [2.75, 3.05) is 38.0 Å². The first-order chi connectivity index (χ1) is 21.5. The summed E-state index contributed by atoms with van der Waals surface area (Å²) >= 11 is 0. The Labute approximate surface area is 263 Å². The number of piperazine rings is 1. The highest BCUT2D eigenvalue weighted by Crippen LogP contribution is 2.40. The summed E-state index contributed by atoms with van der Waals surface area (Å²) < 4.78 is 7.51. The molecular formula is C34H43N7O4. The van der Waals surface area contributed by atoms with E-state index in [4.69, 9.17) is 4.74 Å². The Morgan fingerprint density at radius 2 is 1.84 bits per heavy atom. The van der Waals surface area contributed by atoms with Crippen LogP contribution in [0.3, 0.4) is 0 Å². The maximum atomic E-state index is 13.2. The van der Waals surface area contributed by atoms with Crippen LogP contribution in [0.5, 0.6) is 0 Å². The number of aliphatic hydroxyl groups is 1. The van der Waals surface area contributed by atoms with Gasteiger partial charge in [0.2, 0.25) is 5.91 Å². The lowest BCUT2D eigenvalue weighted by Crippen LogP contribution is -2.50. The Hall–Kier alpha value is -4.09. The van der Waals surface area contributed by atoms with Crippen LogP contribution in [0, 0.1) is 18.8 Å². The lowest BCUT2D eigenvalue weighted by Gasteiger charge is -2.35. The van der Waals surface area contributed by atoms with Gasteiger partial charge in [0, 0.05) is 86.0 Å². The standard InChI is InChI=1S/C34H43N7O4/c1-6-7-29(42)27-14-21(2)26(19-36-27)25-15-22-18-37-30(17-28(22)41-9-8-35-31(25)41)38-32(43)24-16-23(24)20-39-10-12-40(13-11-39)33(44)45-34(3,4)5/h8-9,14-15,17-19,23-24,29,42H,6-7,10-13,16,20H2,1-5H3,(H,37,38,43). The average molecular weight is 614 g/mol. The van der Waals surface area contributed by atoms with Crippen molar-refractivity contribution in [1.29, 1.82) is 0 Å². The van der Waals surface area contributed by atoms with Crippen molar-refractivity contribution in [3.8, 4) is 11.1 Å². The van der Waals surface area contributed by atoms with E-state index >= 15 is 0 Å². The number of hydrogen-bond donors (Lipinski definition) is 2. The number of fused-ring (bicyclic) bond motifs is 3. The van der Waals surface area contributed by atoms with Gasteiger partial charge in [0.25, 0.3) is 0 Å². The molecule has 238 valence electrons. The molecule has 3 atom stereocenters. The minimum absolute atomic E-state index is 0.00946. The average Bonchev–Trinajstić information content (AvgIpc) is 3.58. The zero-order valence-corrected chi connectivity index (χ0v) is 26.8. The highest BCUT2D eigenvalue weighted by atomic mass is 16.6. The van der Waals surface area contributed by atoms with Gasteiger partial charge in [0.1, 0.15) is 17.1 Å². The molecule has 5 heterocycles. The molecule has 45 heavy (non-hydrogen) atoms. The molecule has 1 aliphatic carbocycles. The van der Waals surface area contributed by atoms with E-state index in [0.29, 0.717) is 36.9 Å². The molecule has 4 aromatic heterocycles. The molecule has 6 rings (SSSR count). The predicted molar refractivity (Wildman–Crippen MR) is 173 cm³/mol. The Balaban J connectivity index is 1.10. The fraction of sp³-hybridized carbons (Fsp3) is 0.500. The molecule has 2 fully saturated rings. The Bertz CT molecular complexity index is 1720. The molecule has 1 saturated heterocycles. The van der Waals surface area contributed by atoms with Crippen LogP contribution in [-0.4, -0.2) is 84.6 Å². The van der Waals surface area contributed by atoms with Gasteiger partial charge in [-0.3, -0.25) is 19.1 Å². The van der Waals surface area contributed by atoms with Crippen molar-refractivity contribution >= 4 is 34.4 Å². The van der Waals surface area contributed by atoms with E-state index < -0.39 is 11.7 Å². The predicted octanol–water partition coefficient (Wildman–Crippen LogP) is 5.21. The Kier molecular flexibility index (Phi) is 8.49. The lowest BCUT2D eigenvalue weighted by molar-refractivity contribution is -0.117. The smallest absolute Gasteiger partial charge is 0.410 e. The first kappa shape index (κ1) is 30.9. The van der Waals surface area contributed by atoms with Crippen LogP contribution in [0.1, 0.15) is 64.3 Å². The third-order valence-electron chi connectivity index (χ3n) is 8.71. The zero-order valence-electron chi connectivity index (χ0n) is 26.8. The third kappa shape index (κ3) is 6.79. The van der Waals surface area contributed by atoms with E-state index in [9.17, 15) is 14.7 Å². The van der Waals surface area contributed by atoms with Gasteiger partial charge in [-0.1, -0.05) is 13.3 Å². The van der Waals surface area contributed by atoms with Crippen molar-refractivity contribution in [2.24, 2.45) is 11.8 Å². The molecule has 4 aromatic rings. The van der Waals surface area contributed by atoms with E-state index in [1.54, 1.807) is 17.3 Å². The van der Waals surface area contributed by atoms with Crippen LogP contribution in [0.25, 0.3) is 27.7 Å². The van der Waals surface area contributed by atoms with Gasteiger partial charge in [-0.25, -0.2) is 14.8 Å². The van der Waals surface area contributed by atoms with Gasteiger partial charge in [-0.05, 0) is 64.2 Å². The second-order valence-corrected chi connectivity index (χ2v) is 13.4. The summed E-state index contributed by atoms with van der Waals surface area (Å²) in [6, 6.07) is 5.90. The summed E-state index contributed by atoms with van der Waals surface area (Å²) in [5.41, 5.74) is 4.75. The van der Waals surface area contributed by atoms with E-state index in [2.05, 4.69) is 31.2 Å². The topological polar surface area (TPSA) is 125 Å². The summed E-state index contributed by atoms with van der Waals surface area (Å²) in [6.45, 7) is 13.4. The molecule has 1 aliphatic heterocycles. The fourth-order valence-electron chi connectivity index (χ4n) is 6.18. The van der Waals surface area contributed by atoms with Crippen molar-refractivity contribution < 1.29 is 19.4 Å².